The van der Waals surface area contributed by atoms with Gasteiger partial charge in [0.25, 0.3) is 0 Å². The van der Waals surface area contributed by atoms with E-state index < -0.39 is 0 Å². The van der Waals surface area contributed by atoms with Gasteiger partial charge in [0.2, 0.25) is 0 Å². The van der Waals surface area contributed by atoms with E-state index in [1.807, 2.05) is 19.9 Å². The number of ether oxygens (including phenoxy) is 1. The minimum Gasteiger partial charge on any atom is -0.376 e. The van der Waals surface area contributed by atoms with Gasteiger partial charge in [-0.05, 0) is 26.0 Å². The fourth-order valence-electron chi connectivity index (χ4n) is 1.56. The Bertz CT molecular complexity index is 409. The standard InChI is InChI=1S/C14H19BrFNO/c1-10(2)9-18-7-6-17-11(3)13-5-4-12(15)8-14(13)16/h4-5,8,11,17H,1,6-7,9H2,2-3H3. The van der Waals surface area contributed by atoms with E-state index in [1.165, 1.54) is 6.07 Å². The summed E-state index contributed by atoms with van der Waals surface area (Å²) in [6.07, 6.45) is 0. The second kappa shape index (κ2) is 7.67. The monoisotopic (exact) mass is 315 g/mol. The molecule has 0 amide bonds. The highest BCUT2D eigenvalue weighted by molar-refractivity contribution is 9.10. The maximum absolute atomic E-state index is 13.7. The maximum atomic E-state index is 13.7. The van der Waals surface area contributed by atoms with Crippen LogP contribution in [0, 0.1) is 5.82 Å². The van der Waals surface area contributed by atoms with Crippen LogP contribution in [0.4, 0.5) is 4.39 Å². The van der Waals surface area contributed by atoms with Crippen LogP contribution in [0.1, 0.15) is 25.5 Å². The van der Waals surface area contributed by atoms with Gasteiger partial charge in [0, 0.05) is 22.6 Å². The first-order chi connectivity index (χ1) is 8.50. The summed E-state index contributed by atoms with van der Waals surface area (Å²) in [7, 11) is 0. The third kappa shape index (κ3) is 5.29. The van der Waals surface area contributed by atoms with Gasteiger partial charge in [0.05, 0.1) is 13.2 Å². The lowest BCUT2D eigenvalue weighted by Crippen LogP contribution is -2.24. The Kier molecular flexibility index (Phi) is 6.54. The average Bonchev–Trinajstić information content (AvgIpc) is 2.27. The van der Waals surface area contributed by atoms with Gasteiger partial charge in [-0.3, -0.25) is 0 Å². The molecule has 0 aliphatic heterocycles. The molecular weight excluding hydrogens is 297 g/mol. The Morgan fingerprint density at radius 2 is 2.28 bits per heavy atom. The topological polar surface area (TPSA) is 21.3 Å². The highest BCUT2D eigenvalue weighted by Crippen LogP contribution is 2.20. The van der Waals surface area contributed by atoms with Crippen molar-refractivity contribution in [3.63, 3.8) is 0 Å². The van der Waals surface area contributed by atoms with E-state index in [2.05, 4.69) is 27.8 Å². The molecule has 0 aliphatic carbocycles. The van der Waals surface area contributed by atoms with Crippen LogP contribution >= 0.6 is 15.9 Å². The van der Waals surface area contributed by atoms with E-state index in [9.17, 15) is 4.39 Å². The lowest BCUT2D eigenvalue weighted by atomic mass is 10.1. The predicted molar refractivity (Wildman–Crippen MR) is 76.2 cm³/mol. The SMILES string of the molecule is C=C(C)COCCNC(C)c1ccc(Br)cc1F. The van der Waals surface area contributed by atoms with Crippen LogP contribution in [0.2, 0.25) is 0 Å². The van der Waals surface area contributed by atoms with Gasteiger partial charge < -0.3 is 10.1 Å². The van der Waals surface area contributed by atoms with Crippen molar-refractivity contribution >= 4 is 15.9 Å². The third-order valence-electron chi connectivity index (χ3n) is 2.47. The first-order valence-corrected chi connectivity index (χ1v) is 6.70. The Hall–Kier alpha value is -0.710. The zero-order chi connectivity index (χ0) is 13.5. The van der Waals surface area contributed by atoms with E-state index in [-0.39, 0.29) is 11.9 Å². The van der Waals surface area contributed by atoms with Crippen LogP contribution in [0.25, 0.3) is 0 Å². The van der Waals surface area contributed by atoms with Gasteiger partial charge in [-0.2, -0.15) is 0 Å². The van der Waals surface area contributed by atoms with Crippen LogP contribution in [-0.2, 0) is 4.74 Å². The number of hydrogen-bond acceptors (Lipinski definition) is 2. The number of halogens is 2. The summed E-state index contributed by atoms with van der Waals surface area (Å²) in [5.74, 6) is -0.202. The molecule has 100 valence electrons. The fraction of sp³-hybridized carbons (Fsp3) is 0.429. The first-order valence-electron chi connectivity index (χ1n) is 5.91. The van der Waals surface area contributed by atoms with Gasteiger partial charge in [-0.25, -0.2) is 4.39 Å². The van der Waals surface area contributed by atoms with Crippen molar-refractivity contribution in [1.82, 2.24) is 5.32 Å². The summed E-state index contributed by atoms with van der Waals surface area (Å²) in [5, 5.41) is 3.22. The molecule has 4 heteroatoms. The molecule has 0 bridgehead atoms. The van der Waals surface area contributed by atoms with Gasteiger partial charge in [-0.1, -0.05) is 34.1 Å². The molecule has 1 atom stereocenters. The number of benzene rings is 1. The molecule has 0 aromatic heterocycles. The van der Waals surface area contributed by atoms with Crippen LogP contribution in [0.3, 0.4) is 0 Å². The van der Waals surface area contributed by atoms with E-state index in [0.717, 1.165) is 10.0 Å². The molecule has 1 rings (SSSR count). The minimum absolute atomic E-state index is 0.0356. The molecule has 0 fully saturated rings. The summed E-state index contributed by atoms with van der Waals surface area (Å²) in [5.41, 5.74) is 1.67. The zero-order valence-electron chi connectivity index (χ0n) is 10.8. The summed E-state index contributed by atoms with van der Waals surface area (Å²) >= 11 is 3.24. The van der Waals surface area contributed by atoms with Gasteiger partial charge in [0.1, 0.15) is 5.82 Å². The number of hydrogen-bond donors (Lipinski definition) is 1. The van der Waals surface area contributed by atoms with Crippen LogP contribution in [0.15, 0.2) is 34.8 Å². The molecule has 18 heavy (non-hydrogen) atoms. The lowest BCUT2D eigenvalue weighted by Gasteiger charge is -2.15. The first kappa shape index (κ1) is 15.3. The normalized spacial score (nSPS) is 12.4. The average molecular weight is 316 g/mol. The highest BCUT2D eigenvalue weighted by atomic mass is 79.9. The molecule has 1 unspecified atom stereocenters. The van der Waals surface area contributed by atoms with Crippen molar-refractivity contribution in [2.45, 2.75) is 19.9 Å². The largest absolute Gasteiger partial charge is 0.376 e. The molecule has 0 saturated carbocycles. The Morgan fingerprint density at radius 3 is 2.89 bits per heavy atom. The van der Waals surface area contributed by atoms with Crippen LogP contribution in [0.5, 0.6) is 0 Å². The van der Waals surface area contributed by atoms with E-state index in [0.29, 0.717) is 25.3 Å². The quantitative estimate of drug-likeness (QED) is 0.610. The Morgan fingerprint density at radius 1 is 1.56 bits per heavy atom. The zero-order valence-corrected chi connectivity index (χ0v) is 12.4. The maximum Gasteiger partial charge on any atom is 0.129 e. The lowest BCUT2D eigenvalue weighted by molar-refractivity contribution is 0.155. The summed E-state index contributed by atoms with van der Waals surface area (Å²) in [4.78, 5) is 0. The molecule has 2 nitrogen and oxygen atoms in total. The van der Waals surface area contributed by atoms with Gasteiger partial charge in [-0.15, -0.1) is 0 Å². The molecule has 0 aliphatic rings. The number of rotatable bonds is 7. The summed E-state index contributed by atoms with van der Waals surface area (Å²) in [6.45, 7) is 9.46. The van der Waals surface area contributed by atoms with Crippen molar-refractivity contribution in [2.24, 2.45) is 0 Å². The van der Waals surface area contributed by atoms with Gasteiger partial charge >= 0.3 is 0 Å². The molecular formula is C14H19BrFNO. The van der Waals surface area contributed by atoms with Crippen molar-refractivity contribution in [2.75, 3.05) is 19.8 Å². The second-order valence-electron chi connectivity index (χ2n) is 4.35. The highest BCUT2D eigenvalue weighted by Gasteiger charge is 2.10. The molecule has 0 heterocycles. The van der Waals surface area contributed by atoms with E-state index >= 15 is 0 Å². The molecule has 0 saturated heterocycles. The predicted octanol–water partition coefficient (Wildman–Crippen LogP) is 3.83. The van der Waals surface area contributed by atoms with E-state index in [1.54, 1.807) is 6.07 Å². The molecule has 1 aromatic carbocycles. The second-order valence-corrected chi connectivity index (χ2v) is 5.27. The van der Waals surface area contributed by atoms with Crippen LogP contribution < -0.4 is 5.32 Å². The van der Waals surface area contributed by atoms with Crippen molar-refractivity contribution in [1.29, 1.82) is 0 Å². The molecule has 1 N–H and O–H groups in total. The summed E-state index contributed by atoms with van der Waals surface area (Å²) < 4.78 is 19.8. The van der Waals surface area contributed by atoms with E-state index in [4.69, 9.17) is 4.74 Å². The molecule has 1 aromatic rings. The van der Waals surface area contributed by atoms with Crippen molar-refractivity contribution in [3.8, 4) is 0 Å². The number of nitrogens with one attached hydrogen (secondary N) is 1. The minimum atomic E-state index is -0.202. The third-order valence-corrected chi connectivity index (χ3v) is 2.97. The summed E-state index contributed by atoms with van der Waals surface area (Å²) in [6, 6.07) is 5.07. The van der Waals surface area contributed by atoms with Crippen LogP contribution in [-0.4, -0.2) is 19.8 Å². The van der Waals surface area contributed by atoms with Crippen molar-refractivity contribution in [3.05, 3.63) is 46.2 Å². The molecule has 0 radical (unpaired) electrons. The smallest absolute Gasteiger partial charge is 0.129 e. The van der Waals surface area contributed by atoms with Crippen molar-refractivity contribution < 1.29 is 9.13 Å². The molecule has 0 spiro atoms. The fourth-order valence-corrected chi connectivity index (χ4v) is 1.89. The van der Waals surface area contributed by atoms with Gasteiger partial charge in [0.15, 0.2) is 0 Å². The Labute approximate surface area is 116 Å². The Balaban J connectivity index is 2.36.